The Bertz CT molecular complexity index is 2610. The fourth-order valence-electron chi connectivity index (χ4n) is 8.56. The average Bonchev–Trinajstić information content (AvgIpc) is 3.36. The van der Waals surface area contributed by atoms with Gasteiger partial charge in [-0.2, -0.15) is 0 Å². The molecule has 0 bridgehead atoms. The average molecular weight is 644 g/mol. The molecule has 0 aliphatic heterocycles. The lowest BCUT2D eigenvalue weighted by molar-refractivity contribution is 0.596. The van der Waals surface area contributed by atoms with Gasteiger partial charge in [0.05, 0.1) is 11.4 Å². The van der Waals surface area contributed by atoms with Gasteiger partial charge in [-0.15, -0.1) is 0 Å². The summed E-state index contributed by atoms with van der Waals surface area (Å²) >= 11 is 0. The maximum Gasteiger partial charge on any atom is 0.0546 e. The zero-order valence-corrected chi connectivity index (χ0v) is 29.5. The van der Waals surface area contributed by atoms with Crippen LogP contribution in [-0.2, 0) is 10.8 Å². The second-order valence-electron chi connectivity index (χ2n) is 15.4. The normalized spacial score (nSPS) is 13.5. The largest absolute Gasteiger partial charge is 0.309 e. The SMILES string of the molecule is CC(C)(C)c1ccc(N(c2ccc3c(c2)-c2ccccc2C3(C)C)c2ccc3ccccc3c2-c2cccc3ccccc23)c2ccccc12. The Hall–Kier alpha value is -5.66. The number of benzene rings is 8. The molecule has 0 atom stereocenters. The van der Waals surface area contributed by atoms with Crippen molar-refractivity contribution in [3.63, 3.8) is 0 Å². The van der Waals surface area contributed by atoms with Crippen LogP contribution >= 0.6 is 0 Å². The predicted octanol–water partition coefficient (Wildman–Crippen LogP) is 13.9. The first kappa shape index (κ1) is 30.4. The van der Waals surface area contributed by atoms with E-state index in [1.165, 1.54) is 82.6 Å². The molecule has 0 saturated heterocycles. The van der Waals surface area contributed by atoms with E-state index in [0.29, 0.717) is 0 Å². The molecular formula is C49H41N. The first-order valence-corrected chi connectivity index (χ1v) is 17.8. The predicted molar refractivity (Wildman–Crippen MR) is 215 cm³/mol. The number of nitrogens with zero attached hydrogens (tertiary/aromatic N) is 1. The van der Waals surface area contributed by atoms with Gasteiger partial charge in [0.2, 0.25) is 0 Å². The van der Waals surface area contributed by atoms with Crippen molar-refractivity contribution >= 4 is 49.4 Å². The van der Waals surface area contributed by atoms with Crippen molar-refractivity contribution in [2.75, 3.05) is 4.90 Å². The van der Waals surface area contributed by atoms with Crippen molar-refractivity contribution in [1.29, 1.82) is 0 Å². The molecule has 0 amide bonds. The lowest BCUT2D eigenvalue weighted by Crippen LogP contribution is -2.16. The second-order valence-corrected chi connectivity index (χ2v) is 15.4. The van der Waals surface area contributed by atoms with Crippen LogP contribution < -0.4 is 4.90 Å². The van der Waals surface area contributed by atoms with Crippen LogP contribution in [0.15, 0.2) is 158 Å². The third-order valence-corrected chi connectivity index (χ3v) is 11.0. The van der Waals surface area contributed by atoms with Crippen LogP contribution in [0.25, 0.3) is 54.6 Å². The van der Waals surface area contributed by atoms with Crippen LogP contribution in [0.2, 0.25) is 0 Å². The van der Waals surface area contributed by atoms with Gasteiger partial charge in [0.15, 0.2) is 0 Å². The smallest absolute Gasteiger partial charge is 0.0546 e. The Labute approximate surface area is 295 Å². The Balaban J connectivity index is 1.41. The minimum Gasteiger partial charge on any atom is -0.309 e. The molecule has 0 spiro atoms. The van der Waals surface area contributed by atoms with E-state index in [1.807, 2.05) is 0 Å². The maximum atomic E-state index is 2.53. The fourth-order valence-corrected chi connectivity index (χ4v) is 8.56. The van der Waals surface area contributed by atoms with Crippen LogP contribution in [-0.4, -0.2) is 0 Å². The highest BCUT2D eigenvalue weighted by atomic mass is 15.1. The van der Waals surface area contributed by atoms with Crippen LogP contribution in [0.3, 0.4) is 0 Å². The summed E-state index contributed by atoms with van der Waals surface area (Å²) in [6, 6.07) is 58.8. The maximum absolute atomic E-state index is 2.53. The van der Waals surface area contributed by atoms with Gasteiger partial charge in [-0.1, -0.05) is 168 Å². The van der Waals surface area contributed by atoms with Gasteiger partial charge in [0.1, 0.15) is 0 Å². The van der Waals surface area contributed by atoms with Crippen LogP contribution in [0.5, 0.6) is 0 Å². The minimum atomic E-state index is -0.0621. The quantitative estimate of drug-likeness (QED) is 0.184. The summed E-state index contributed by atoms with van der Waals surface area (Å²) in [7, 11) is 0. The monoisotopic (exact) mass is 643 g/mol. The summed E-state index contributed by atoms with van der Waals surface area (Å²) in [5.41, 5.74) is 12.7. The van der Waals surface area contributed by atoms with E-state index < -0.39 is 0 Å². The standard InChI is InChI=1S/C49H41N/c1-48(2,3)42-28-30-45(39-22-11-10-20-37(39)42)50(34-26-27-44-41(31-34)38-21-12-13-24-43(38)49(44,4)5)46-29-25-33-16-7-9-19-36(33)47(46)40-23-14-17-32-15-6-8-18-35(32)40/h6-31H,1-5H3. The molecule has 1 aliphatic carbocycles. The Morgan fingerprint density at radius 2 is 1.02 bits per heavy atom. The van der Waals surface area contributed by atoms with Crippen LogP contribution in [0, 0.1) is 0 Å². The number of fused-ring (bicyclic) bond motifs is 6. The molecule has 0 unspecified atom stereocenters. The number of anilines is 3. The molecule has 1 nitrogen and oxygen atoms in total. The lowest BCUT2D eigenvalue weighted by Gasteiger charge is -2.32. The minimum absolute atomic E-state index is 0.00287. The van der Waals surface area contributed by atoms with Crippen molar-refractivity contribution in [2.45, 2.75) is 45.4 Å². The van der Waals surface area contributed by atoms with Gasteiger partial charge in [0.25, 0.3) is 0 Å². The Morgan fingerprint density at radius 3 is 1.80 bits per heavy atom. The van der Waals surface area contributed by atoms with Gasteiger partial charge < -0.3 is 4.90 Å². The molecule has 0 saturated carbocycles. The molecular weight excluding hydrogens is 603 g/mol. The summed E-state index contributed by atoms with van der Waals surface area (Å²) < 4.78 is 0. The summed E-state index contributed by atoms with van der Waals surface area (Å²) in [6.45, 7) is 11.7. The summed E-state index contributed by atoms with van der Waals surface area (Å²) in [4.78, 5) is 2.53. The van der Waals surface area contributed by atoms with Crippen molar-refractivity contribution in [3.05, 3.63) is 174 Å². The van der Waals surface area contributed by atoms with Gasteiger partial charge >= 0.3 is 0 Å². The van der Waals surface area contributed by atoms with E-state index in [2.05, 4.69) is 197 Å². The third-order valence-electron chi connectivity index (χ3n) is 11.0. The topological polar surface area (TPSA) is 3.24 Å². The van der Waals surface area contributed by atoms with E-state index in [1.54, 1.807) is 0 Å². The first-order valence-electron chi connectivity index (χ1n) is 17.8. The van der Waals surface area contributed by atoms with Crippen molar-refractivity contribution in [2.24, 2.45) is 0 Å². The van der Waals surface area contributed by atoms with Gasteiger partial charge in [-0.05, 0) is 90.0 Å². The molecule has 242 valence electrons. The summed E-state index contributed by atoms with van der Waals surface area (Å²) in [5.74, 6) is 0. The van der Waals surface area contributed by atoms with E-state index in [4.69, 9.17) is 0 Å². The van der Waals surface area contributed by atoms with Gasteiger partial charge in [-0.3, -0.25) is 0 Å². The van der Waals surface area contributed by atoms with Crippen molar-refractivity contribution < 1.29 is 0 Å². The van der Waals surface area contributed by atoms with E-state index in [-0.39, 0.29) is 10.8 Å². The zero-order valence-electron chi connectivity index (χ0n) is 29.5. The molecule has 1 heteroatoms. The Morgan fingerprint density at radius 1 is 0.440 bits per heavy atom. The molecule has 8 aromatic carbocycles. The number of hydrogen-bond donors (Lipinski definition) is 0. The van der Waals surface area contributed by atoms with E-state index in [0.717, 1.165) is 5.69 Å². The molecule has 0 fully saturated rings. The molecule has 0 radical (unpaired) electrons. The third kappa shape index (κ3) is 4.61. The van der Waals surface area contributed by atoms with Crippen LogP contribution in [0.1, 0.15) is 51.3 Å². The molecule has 1 aliphatic rings. The molecule has 50 heavy (non-hydrogen) atoms. The fraction of sp³-hybridized carbons (Fsp3) is 0.143. The Kier molecular flexibility index (Phi) is 6.80. The number of rotatable bonds is 4. The summed E-state index contributed by atoms with van der Waals surface area (Å²) in [5, 5.41) is 7.52. The molecule has 0 aromatic heterocycles. The molecule has 9 rings (SSSR count). The molecule has 0 N–H and O–H groups in total. The van der Waals surface area contributed by atoms with Crippen molar-refractivity contribution in [1.82, 2.24) is 0 Å². The first-order chi connectivity index (χ1) is 24.2. The number of hydrogen-bond acceptors (Lipinski definition) is 1. The van der Waals surface area contributed by atoms with Gasteiger partial charge in [-0.25, -0.2) is 0 Å². The summed E-state index contributed by atoms with van der Waals surface area (Å²) in [6.07, 6.45) is 0. The highest BCUT2D eigenvalue weighted by molar-refractivity contribution is 6.13. The van der Waals surface area contributed by atoms with Crippen LogP contribution in [0.4, 0.5) is 17.1 Å². The van der Waals surface area contributed by atoms with Crippen molar-refractivity contribution in [3.8, 4) is 22.3 Å². The van der Waals surface area contributed by atoms with Gasteiger partial charge in [0, 0.05) is 22.1 Å². The highest BCUT2D eigenvalue weighted by Gasteiger charge is 2.36. The highest BCUT2D eigenvalue weighted by Crippen LogP contribution is 2.53. The second kappa shape index (κ2) is 11.2. The molecule has 8 aromatic rings. The van der Waals surface area contributed by atoms with E-state index in [9.17, 15) is 0 Å². The lowest BCUT2D eigenvalue weighted by atomic mass is 9.82. The molecule has 0 heterocycles. The van der Waals surface area contributed by atoms with E-state index >= 15 is 0 Å². The zero-order chi connectivity index (χ0) is 34.2.